The highest BCUT2D eigenvalue weighted by Gasteiger charge is 2.77. The standard InChI is InChI=1S/C30H50O3/c1-18(2)19-9-10-20-26(19,5)13-14-29(8)24(33)30(16-15-27(20,29)6)23(32)17-21-25(3,4)22(31)11-12-28(21,30)7/h18-23,31-32H,9-17H2,1-8H3/t19-,20+,21+,22-,23-,26-,27+,28+,29+,30+/m1/s1. The molecule has 0 aliphatic heterocycles. The fourth-order valence-electron chi connectivity index (χ4n) is 11.6. The molecule has 33 heavy (non-hydrogen) atoms. The topological polar surface area (TPSA) is 57.5 Å². The molecule has 2 N–H and O–H groups in total. The molecule has 0 amide bonds. The van der Waals surface area contributed by atoms with Crippen molar-refractivity contribution in [2.45, 2.75) is 125 Å². The van der Waals surface area contributed by atoms with E-state index in [1.807, 2.05) is 0 Å². The number of aliphatic hydroxyl groups is 2. The van der Waals surface area contributed by atoms with E-state index in [9.17, 15) is 15.0 Å². The zero-order valence-electron chi connectivity index (χ0n) is 22.6. The molecule has 5 aliphatic carbocycles. The fraction of sp³-hybridized carbons (Fsp3) is 0.967. The Balaban J connectivity index is 1.57. The van der Waals surface area contributed by atoms with Gasteiger partial charge in [-0.2, -0.15) is 0 Å². The lowest BCUT2D eigenvalue weighted by molar-refractivity contribution is -0.207. The van der Waals surface area contributed by atoms with E-state index in [4.69, 9.17) is 0 Å². The zero-order valence-corrected chi connectivity index (χ0v) is 22.6. The van der Waals surface area contributed by atoms with Gasteiger partial charge in [-0.3, -0.25) is 4.79 Å². The van der Waals surface area contributed by atoms with Crippen LogP contribution >= 0.6 is 0 Å². The van der Waals surface area contributed by atoms with Gasteiger partial charge >= 0.3 is 0 Å². The van der Waals surface area contributed by atoms with Gasteiger partial charge < -0.3 is 10.2 Å². The van der Waals surface area contributed by atoms with Crippen LogP contribution in [0.25, 0.3) is 0 Å². The summed E-state index contributed by atoms with van der Waals surface area (Å²) in [6.45, 7) is 18.7. The third-order valence-electron chi connectivity index (χ3n) is 13.9. The van der Waals surface area contributed by atoms with Crippen molar-refractivity contribution in [2.24, 2.45) is 56.2 Å². The number of rotatable bonds is 1. The van der Waals surface area contributed by atoms with Gasteiger partial charge in [-0.05, 0) is 103 Å². The number of carbonyl (C=O) groups excluding carboxylic acids is 1. The molecule has 5 aliphatic rings. The number of hydrogen-bond donors (Lipinski definition) is 2. The van der Waals surface area contributed by atoms with E-state index >= 15 is 0 Å². The molecule has 188 valence electrons. The van der Waals surface area contributed by atoms with Gasteiger partial charge in [0, 0.05) is 5.41 Å². The Bertz CT molecular complexity index is 847. The molecular formula is C30H50O3. The summed E-state index contributed by atoms with van der Waals surface area (Å²) < 4.78 is 0. The smallest absolute Gasteiger partial charge is 0.148 e. The Morgan fingerprint density at radius 2 is 1.42 bits per heavy atom. The SMILES string of the molecule is CC(C)[C@H]1CC[C@H]2[C@]1(C)CC[C@@]1(C)C(=O)[C@]3(CC[C@@]21C)[C@H](O)C[C@H]1C(C)(C)[C@H](O)CC[C@@]13C. The minimum absolute atomic E-state index is 0.0177. The van der Waals surface area contributed by atoms with Crippen LogP contribution in [0.5, 0.6) is 0 Å². The summed E-state index contributed by atoms with van der Waals surface area (Å²) in [4.78, 5) is 15.0. The van der Waals surface area contributed by atoms with Crippen molar-refractivity contribution < 1.29 is 15.0 Å². The van der Waals surface area contributed by atoms with E-state index in [-0.39, 0.29) is 33.7 Å². The lowest BCUT2D eigenvalue weighted by Crippen LogP contribution is -2.68. The Morgan fingerprint density at radius 1 is 0.758 bits per heavy atom. The summed E-state index contributed by atoms with van der Waals surface area (Å²) in [5.41, 5.74) is -1.14. The minimum atomic E-state index is -0.646. The second-order valence-electron chi connectivity index (χ2n) is 15.1. The number of aliphatic hydroxyl groups excluding tert-OH is 2. The molecule has 5 fully saturated rings. The van der Waals surface area contributed by atoms with E-state index < -0.39 is 11.5 Å². The van der Waals surface area contributed by atoms with E-state index in [2.05, 4.69) is 55.4 Å². The molecule has 5 saturated carbocycles. The van der Waals surface area contributed by atoms with Crippen molar-refractivity contribution in [3.63, 3.8) is 0 Å². The molecule has 0 aromatic heterocycles. The third-order valence-corrected chi connectivity index (χ3v) is 13.9. The predicted molar refractivity (Wildman–Crippen MR) is 133 cm³/mol. The molecule has 0 aromatic carbocycles. The predicted octanol–water partition coefficient (Wildman–Crippen LogP) is 6.40. The van der Waals surface area contributed by atoms with Gasteiger partial charge in [0.1, 0.15) is 5.78 Å². The number of hydrogen-bond acceptors (Lipinski definition) is 3. The van der Waals surface area contributed by atoms with E-state index in [1.54, 1.807) is 0 Å². The van der Waals surface area contributed by atoms with Crippen LogP contribution in [0.1, 0.15) is 113 Å². The molecule has 0 heterocycles. The van der Waals surface area contributed by atoms with Gasteiger partial charge in [0.15, 0.2) is 0 Å². The molecule has 3 nitrogen and oxygen atoms in total. The second-order valence-corrected chi connectivity index (χ2v) is 15.1. The van der Waals surface area contributed by atoms with Crippen molar-refractivity contribution >= 4 is 5.78 Å². The molecule has 0 aromatic rings. The average molecular weight is 459 g/mol. The van der Waals surface area contributed by atoms with Crippen LogP contribution in [-0.4, -0.2) is 28.2 Å². The first-order chi connectivity index (χ1) is 15.1. The third kappa shape index (κ3) is 2.53. The molecule has 0 bridgehead atoms. The van der Waals surface area contributed by atoms with Crippen LogP contribution in [0.4, 0.5) is 0 Å². The highest BCUT2D eigenvalue weighted by molar-refractivity contribution is 5.94. The number of carbonyl (C=O) groups is 1. The largest absolute Gasteiger partial charge is 0.393 e. The molecule has 0 unspecified atom stereocenters. The van der Waals surface area contributed by atoms with E-state index in [1.165, 1.54) is 12.8 Å². The molecular weight excluding hydrogens is 408 g/mol. The molecule has 0 radical (unpaired) electrons. The van der Waals surface area contributed by atoms with Crippen molar-refractivity contribution in [3.05, 3.63) is 0 Å². The maximum atomic E-state index is 15.0. The Morgan fingerprint density at radius 3 is 2.06 bits per heavy atom. The molecule has 3 heteroatoms. The van der Waals surface area contributed by atoms with Crippen molar-refractivity contribution in [3.8, 4) is 0 Å². The van der Waals surface area contributed by atoms with Crippen LogP contribution in [0.3, 0.4) is 0 Å². The lowest BCUT2D eigenvalue weighted by Gasteiger charge is -2.67. The van der Waals surface area contributed by atoms with Crippen LogP contribution < -0.4 is 0 Å². The monoisotopic (exact) mass is 458 g/mol. The molecule has 1 spiro atoms. The number of Topliss-reactive ketones (excluding diaryl/α,β-unsaturated/α-hetero) is 1. The molecule has 10 atom stereocenters. The second kappa shape index (κ2) is 6.87. The summed E-state index contributed by atoms with van der Waals surface area (Å²) in [6, 6.07) is 0. The first-order valence-corrected chi connectivity index (χ1v) is 14.0. The highest BCUT2D eigenvalue weighted by atomic mass is 16.3. The van der Waals surface area contributed by atoms with E-state index in [0.29, 0.717) is 29.5 Å². The van der Waals surface area contributed by atoms with Crippen molar-refractivity contribution in [2.75, 3.05) is 0 Å². The summed E-state index contributed by atoms with van der Waals surface area (Å²) in [7, 11) is 0. The maximum Gasteiger partial charge on any atom is 0.148 e. The fourth-order valence-corrected chi connectivity index (χ4v) is 11.6. The number of fused-ring (bicyclic) bond motifs is 5. The van der Waals surface area contributed by atoms with Gasteiger partial charge in [-0.25, -0.2) is 0 Å². The average Bonchev–Trinajstić information content (AvgIpc) is 3.20. The molecule has 5 rings (SSSR count). The van der Waals surface area contributed by atoms with E-state index in [0.717, 1.165) is 44.4 Å². The summed E-state index contributed by atoms with van der Waals surface area (Å²) in [6.07, 6.45) is 7.90. The normalized spacial score (nSPS) is 57.8. The van der Waals surface area contributed by atoms with Gasteiger partial charge in [0.25, 0.3) is 0 Å². The van der Waals surface area contributed by atoms with Crippen LogP contribution in [0.15, 0.2) is 0 Å². The summed E-state index contributed by atoms with van der Waals surface area (Å²) >= 11 is 0. The first-order valence-electron chi connectivity index (χ1n) is 14.0. The van der Waals surface area contributed by atoms with Gasteiger partial charge in [0.05, 0.1) is 17.6 Å². The minimum Gasteiger partial charge on any atom is -0.393 e. The van der Waals surface area contributed by atoms with Crippen LogP contribution in [-0.2, 0) is 4.79 Å². The Hall–Kier alpha value is -0.410. The quantitative estimate of drug-likeness (QED) is 0.478. The van der Waals surface area contributed by atoms with Gasteiger partial charge in [-0.1, -0.05) is 55.4 Å². The number of ketones is 1. The van der Waals surface area contributed by atoms with Gasteiger partial charge in [0.2, 0.25) is 0 Å². The van der Waals surface area contributed by atoms with Crippen LogP contribution in [0.2, 0.25) is 0 Å². The van der Waals surface area contributed by atoms with Crippen molar-refractivity contribution in [1.29, 1.82) is 0 Å². The summed E-state index contributed by atoms with van der Waals surface area (Å²) in [5.74, 6) is 2.64. The van der Waals surface area contributed by atoms with Crippen molar-refractivity contribution in [1.82, 2.24) is 0 Å². The highest BCUT2D eigenvalue weighted by Crippen LogP contribution is 2.78. The van der Waals surface area contributed by atoms with Crippen LogP contribution in [0, 0.1) is 56.2 Å². The zero-order chi connectivity index (χ0) is 24.4. The lowest BCUT2D eigenvalue weighted by atomic mass is 9.35. The Kier molecular flexibility index (Phi) is 5.06. The maximum absolute atomic E-state index is 15.0. The molecule has 0 saturated heterocycles. The van der Waals surface area contributed by atoms with Gasteiger partial charge in [-0.15, -0.1) is 0 Å². The first kappa shape index (κ1) is 24.3. The Labute approximate surface area is 202 Å². The summed E-state index contributed by atoms with van der Waals surface area (Å²) in [5, 5.41) is 22.6.